The van der Waals surface area contributed by atoms with Crippen LogP contribution in [0.2, 0.25) is 0 Å². The van der Waals surface area contributed by atoms with Crippen LogP contribution in [0.15, 0.2) is 18.2 Å². The van der Waals surface area contributed by atoms with E-state index in [9.17, 15) is 10.1 Å². The fraction of sp³-hybridized carbons (Fsp3) is 0.600. The van der Waals surface area contributed by atoms with E-state index in [4.69, 9.17) is 14.0 Å². The van der Waals surface area contributed by atoms with Gasteiger partial charge in [-0.1, -0.05) is 19.9 Å². The minimum absolute atomic E-state index is 0.0975. The molecule has 1 aliphatic heterocycles. The highest BCUT2D eigenvalue weighted by Gasteiger charge is 2.52. The third-order valence-corrected chi connectivity index (χ3v) is 3.93. The highest BCUT2D eigenvalue weighted by molar-refractivity contribution is 6.62. The maximum Gasteiger partial charge on any atom is 0.495 e. The first-order valence-corrected chi connectivity index (χ1v) is 7.36. The molecule has 0 spiro atoms. The molecule has 0 unspecified atom stereocenters. The van der Waals surface area contributed by atoms with Crippen molar-refractivity contribution in [3.63, 3.8) is 0 Å². The number of hydrogen-bond donors (Lipinski definition) is 0. The number of rotatable bonds is 3. The molecule has 7 heteroatoms. The van der Waals surface area contributed by atoms with Gasteiger partial charge in [-0.2, -0.15) is 0 Å². The summed E-state index contributed by atoms with van der Waals surface area (Å²) < 4.78 is 16.7. The standard InChI is InChI=1S/C13H18BNO5.C2H6/c1-12(2)13(3,4)20-14(19-12)9-6-7-11(18-5)10(8-9)15(16)17;1-2/h6-8H,1-5H3;1-2H3. The molecular weight excluding hydrogens is 285 g/mol. The van der Waals surface area contributed by atoms with E-state index in [1.54, 1.807) is 12.1 Å². The lowest BCUT2D eigenvalue weighted by atomic mass is 9.79. The van der Waals surface area contributed by atoms with Gasteiger partial charge < -0.3 is 14.0 Å². The monoisotopic (exact) mass is 309 g/mol. The largest absolute Gasteiger partial charge is 0.495 e. The second-order valence-corrected chi connectivity index (χ2v) is 5.78. The third-order valence-electron chi connectivity index (χ3n) is 3.93. The zero-order chi connectivity index (χ0) is 17.1. The first-order valence-electron chi connectivity index (χ1n) is 7.36. The number of nitro groups is 1. The molecule has 0 N–H and O–H groups in total. The van der Waals surface area contributed by atoms with E-state index in [1.807, 2.05) is 41.5 Å². The SMILES string of the molecule is CC.COc1ccc(B2OC(C)(C)C(C)(C)O2)cc1[N+](=O)[O-]. The predicted octanol–water partition coefficient (Wildman–Crippen LogP) is 2.93. The Morgan fingerprint density at radius 1 is 1.14 bits per heavy atom. The minimum atomic E-state index is -0.621. The zero-order valence-electron chi connectivity index (χ0n) is 14.3. The van der Waals surface area contributed by atoms with E-state index in [0.717, 1.165) is 0 Å². The van der Waals surface area contributed by atoms with E-state index in [2.05, 4.69) is 0 Å². The highest BCUT2D eigenvalue weighted by atomic mass is 16.7. The van der Waals surface area contributed by atoms with E-state index < -0.39 is 23.2 Å². The summed E-state index contributed by atoms with van der Waals surface area (Å²) in [5, 5.41) is 11.0. The van der Waals surface area contributed by atoms with Gasteiger partial charge in [0.2, 0.25) is 0 Å². The van der Waals surface area contributed by atoms with Gasteiger partial charge in [-0.05, 0) is 39.2 Å². The van der Waals surface area contributed by atoms with Crippen LogP contribution >= 0.6 is 0 Å². The smallest absolute Gasteiger partial charge is 0.490 e. The second kappa shape index (κ2) is 6.66. The van der Waals surface area contributed by atoms with Crippen LogP contribution in [0.1, 0.15) is 41.5 Å². The summed E-state index contributed by atoms with van der Waals surface area (Å²) in [7, 11) is 0.779. The Hall–Kier alpha value is -1.60. The third kappa shape index (κ3) is 3.42. The van der Waals surface area contributed by atoms with Crippen LogP contribution in [0.4, 0.5) is 5.69 Å². The maximum atomic E-state index is 11.0. The average Bonchev–Trinajstić information content (AvgIpc) is 2.69. The minimum Gasteiger partial charge on any atom is -0.490 e. The molecule has 1 fully saturated rings. The zero-order valence-corrected chi connectivity index (χ0v) is 14.3. The van der Waals surface area contributed by atoms with E-state index in [0.29, 0.717) is 5.46 Å². The van der Waals surface area contributed by atoms with Crippen molar-refractivity contribution in [3.05, 3.63) is 28.3 Å². The molecule has 0 aromatic heterocycles. The quantitative estimate of drug-likeness (QED) is 0.488. The van der Waals surface area contributed by atoms with Gasteiger partial charge in [-0.25, -0.2) is 0 Å². The van der Waals surface area contributed by atoms with Crippen molar-refractivity contribution < 1.29 is 19.0 Å². The molecule has 1 aliphatic rings. The van der Waals surface area contributed by atoms with Gasteiger partial charge >= 0.3 is 12.8 Å². The molecular formula is C15H24BNO5. The Bertz CT molecular complexity index is 529. The van der Waals surface area contributed by atoms with E-state index in [1.165, 1.54) is 13.2 Å². The highest BCUT2D eigenvalue weighted by Crippen LogP contribution is 2.37. The Balaban J connectivity index is 0.00000116. The van der Waals surface area contributed by atoms with E-state index in [-0.39, 0.29) is 11.4 Å². The van der Waals surface area contributed by atoms with Crippen LogP contribution in [-0.4, -0.2) is 30.4 Å². The molecule has 6 nitrogen and oxygen atoms in total. The lowest BCUT2D eigenvalue weighted by Gasteiger charge is -2.32. The molecule has 22 heavy (non-hydrogen) atoms. The van der Waals surface area contributed by atoms with Crippen molar-refractivity contribution >= 4 is 18.3 Å². The number of hydrogen-bond acceptors (Lipinski definition) is 5. The molecule has 0 saturated carbocycles. The molecule has 0 amide bonds. The van der Waals surface area contributed by atoms with Crippen LogP contribution in [0.3, 0.4) is 0 Å². The Labute approximate surface area is 132 Å². The molecule has 122 valence electrons. The summed E-state index contributed by atoms with van der Waals surface area (Å²) >= 11 is 0. The molecule has 1 heterocycles. The molecule has 1 aromatic carbocycles. The number of nitro benzene ring substituents is 1. The van der Waals surface area contributed by atoms with Crippen molar-refractivity contribution in [1.82, 2.24) is 0 Å². The van der Waals surface area contributed by atoms with Gasteiger partial charge in [0.05, 0.1) is 23.2 Å². The van der Waals surface area contributed by atoms with E-state index >= 15 is 0 Å². The number of benzene rings is 1. The van der Waals surface area contributed by atoms with Crippen LogP contribution in [0.25, 0.3) is 0 Å². The Morgan fingerprint density at radius 3 is 2.05 bits per heavy atom. The summed E-state index contributed by atoms with van der Waals surface area (Å²) in [6, 6.07) is 4.70. The van der Waals surface area contributed by atoms with Crippen LogP contribution in [-0.2, 0) is 9.31 Å². The number of methoxy groups -OCH3 is 1. The lowest BCUT2D eigenvalue weighted by Crippen LogP contribution is -2.41. The van der Waals surface area contributed by atoms with Crippen molar-refractivity contribution in [2.75, 3.05) is 7.11 Å². The Kier molecular flexibility index (Phi) is 5.59. The molecule has 1 saturated heterocycles. The van der Waals surface area contributed by atoms with Crippen molar-refractivity contribution in [1.29, 1.82) is 0 Å². The average molecular weight is 309 g/mol. The first-order chi connectivity index (χ1) is 10.2. The molecule has 1 aromatic rings. The van der Waals surface area contributed by atoms with Gasteiger partial charge in [0.25, 0.3) is 0 Å². The molecule has 0 radical (unpaired) electrons. The van der Waals surface area contributed by atoms with Crippen LogP contribution in [0, 0.1) is 10.1 Å². The van der Waals surface area contributed by atoms with Crippen molar-refractivity contribution in [3.8, 4) is 5.75 Å². The summed E-state index contributed by atoms with van der Waals surface area (Å²) in [5.74, 6) is 0.218. The maximum absolute atomic E-state index is 11.0. The molecule has 0 bridgehead atoms. The molecule has 2 rings (SSSR count). The topological polar surface area (TPSA) is 70.8 Å². The number of nitrogens with zero attached hydrogens (tertiary/aromatic N) is 1. The Morgan fingerprint density at radius 2 is 1.64 bits per heavy atom. The first kappa shape index (κ1) is 18.5. The number of ether oxygens (including phenoxy) is 1. The van der Waals surface area contributed by atoms with Gasteiger partial charge in [-0.3, -0.25) is 10.1 Å². The predicted molar refractivity (Wildman–Crippen MR) is 86.7 cm³/mol. The fourth-order valence-corrected chi connectivity index (χ4v) is 1.98. The van der Waals surface area contributed by atoms with Crippen molar-refractivity contribution in [2.24, 2.45) is 0 Å². The fourth-order valence-electron chi connectivity index (χ4n) is 1.98. The van der Waals surface area contributed by atoms with Gasteiger partial charge in [0, 0.05) is 6.07 Å². The van der Waals surface area contributed by atoms with Crippen molar-refractivity contribution in [2.45, 2.75) is 52.7 Å². The molecule has 0 aliphatic carbocycles. The lowest BCUT2D eigenvalue weighted by molar-refractivity contribution is -0.385. The van der Waals surface area contributed by atoms with Gasteiger partial charge in [0.1, 0.15) is 0 Å². The van der Waals surface area contributed by atoms with Crippen LogP contribution in [0.5, 0.6) is 5.75 Å². The van der Waals surface area contributed by atoms with Gasteiger partial charge in [0.15, 0.2) is 5.75 Å². The summed E-state index contributed by atoms with van der Waals surface area (Å²) in [4.78, 5) is 10.6. The van der Waals surface area contributed by atoms with Crippen LogP contribution < -0.4 is 10.2 Å². The summed E-state index contributed by atoms with van der Waals surface area (Å²) in [6.45, 7) is 11.7. The van der Waals surface area contributed by atoms with Gasteiger partial charge in [-0.15, -0.1) is 0 Å². The second-order valence-electron chi connectivity index (χ2n) is 5.78. The summed E-state index contributed by atoms with van der Waals surface area (Å²) in [5.41, 5.74) is -0.450. The molecule has 0 atom stereocenters. The normalized spacial score (nSPS) is 18.4. The summed E-state index contributed by atoms with van der Waals surface area (Å²) in [6.07, 6.45) is 0.